The van der Waals surface area contributed by atoms with Crippen molar-refractivity contribution in [1.82, 2.24) is 0 Å². The predicted molar refractivity (Wildman–Crippen MR) is 75.1 cm³/mol. The number of carbonyl (C=O) groups is 1. The van der Waals surface area contributed by atoms with E-state index in [0.717, 1.165) is 0 Å². The summed E-state index contributed by atoms with van der Waals surface area (Å²) in [6, 6.07) is 13.4. The van der Waals surface area contributed by atoms with Gasteiger partial charge in [-0.25, -0.2) is 4.79 Å². The number of carbonyl (C=O) groups excluding carboxylic acids is 1. The Morgan fingerprint density at radius 2 is 1.90 bits per heavy atom. The number of aromatic hydroxyl groups is 1. The number of phenols is 1. The lowest BCUT2D eigenvalue weighted by atomic mass is 10.2. The van der Waals surface area contributed by atoms with Crippen molar-refractivity contribution in [2.24, 2.45) is 0 Å². The van der Waals surface area contributed by atoms with Crippen molar-refractivity contribution in [2.75, 3.05) is 6.61 Å². The van der Waals surface area contributed by atoms with Gasteiger partial charge in [0.25, 0.3) is 0 Å². The molecular formula is C16H14O4. The molecule has 0 aliphatic carbocycles. The number of phenolic OH excluding ortho intramolecular Hbond substituents is 1. The van der Waals surface area contributed by atoms with Gasteiger partial charge in [0.05, 0.1) is 0 Å². The normalized spacial score (nSPS) is 9.80. The summed E-state index contributed by atoms with van der Waals surface area (Å²) in [5, 5.41) is 9.87. The summed E-state index contributed by atoms with van der Waals surface area (Å²) in [6.07, 6.45) is 1.47. The molecule has 2 aromatic carbocycles. The molecule has 0 amide bonds. The minimum atomic E-state index is -0.577. The summed E-state index contributed by atoms with van der Waals surface area (Å²) in [5.41, 5.74) is 0.163. The second-order valence-corrected chi connectivity index (χ2v) is 3.96. The molecule has 1 N–H and O–H groups in total. The molecule has 20 heavy (non-hydrogen) atoms. The van der Waals surface area contributed by atoms with Gasteiger partial charge >= 0.3 is 5.97 Å². The van der Waals surface area contributed by atoms with Crippen molar-refractivity contribution in [3.05, 3.63) is 66.7 Å². The molecule has 0 spiro atoms. The van der Waals surface area contributed by atoms with Crippen LogP contribution in [0.2, 0.25) is 0 Å². The van der Waals surface area contributed by atoms with Crippen LogP contribution in [0, 0.1) is 0 Å². The van der Waals surface area contributed by atoms with Gasteiger partial charge in [0.15, 0.2) is 11.5 Å². The Kier molecular flexibility index (Phi) is 4.39. The highest BCUT2D eigenvalue weighted by Crippen LogP contribution is 2.34. The van der Waals surface area contributed by atoms with E-state index in [1.165, 1.54) is 18.2 Å². The van der Waals surface area contributed by atoms with Crippen LogP contribution in [-0.4, -0.2) is 17.7 Å². The number of para-hydroxylation sites is 2. The fourth-order valence-corrected chi connectivity index (χ4v) is 1.61. The van der Waals surface area contributed by atoms with Gasteiger partial charge in [0.2, 0.25) is 0 Å². The quantitative estimate of drug-likeness (QED) is 0.667. The summed E-state index contributed by atoms with van der Waals surface area (Å²) in [4.78, 5) is 11.9. The van der Waals surface area contributed by atoms with E-state index in [0.29, 0.717) is 5.75 Å². The molecule has 2 rings (SSSR count). The smallest absolute Gasteiger partial charge is 0.342 e. The molecular weight excluding hydrogens is 256 g/mol. The highest BCUT2D eigenvalue weighted by atomic mass is 16.5. The van der Waals surface area contributed by atoms with Crippen LogP contribution in [0.1, 0.15) is 10.4 Å². The maximum atomic E-state index is 11.9. The predicted octanol–water partition coefficient (Wildman–Crippen LogP) is 3.53. The number of rotatable bonds is 5. The van der Waals surface area contributed by atoms with Gasteiger partial charge < -0.3 is 14.6 Å². The molecule has 102 valence electrons. The topological polar surface area (TPSA) is 55.8 Å². The van der Waals surface area contributed by atoms with Gasteiger partial charge in [-0.15, -0.1) is 0 Å². The zero-order chi connectivity index (χ0) is 14.4. The summed E-state index contributed by atoms with van der Waals surface area (Å²) in [7, 11) is 0. The molecule has 0 heterocycles. The van der Waals surface area contributed by atoms with E-state index < -0.39 is 5.97 Å². The van der Waals surface area contributed by atoms with Gasteiger partial charge in [0.1, 0.15) is 17.9 Å². The third-order valence-corrected chi connectivity index (χ3v) is 2.51. The van der Waals surface area contributed by atoms with Crippen LogP contribution in [0.25, 0.3) is 0 Å². The van der Waals surface area contributed by atoms with Crippen molar-refractivity contribution >= 4 is 5.97 Å². The lowest BCUT2D eigenvalue weighted by Crippen LogP contribution is -2.06. The highest BCUT2D eigenvalue weighted by molar-refractivity contribution is 5.93. The number of ether oxygens (including phenoxy) is 2. The van der Waals surface area contributed by atoms with E-state index in [-0.39, 0.29) is 23.7 Å². The molecule has 0 fully saturated rings. The van der Waals surface area contributed by atoms with Crippen LogP contribution in [0.4, 0.5) is 0 Å². The van der Waals surface area contributed by atoms with E-state index in [4.69, 9.17) is 9.47 Å². The third kappa shape index (κ3) is 3.17. The Labute approximate surface area is 116 Å². The lowest BCUT2D eigenvalue weighted by Gasteiger charge is -2.11. The molecule has 0 saturated carbocycles. The average Bonchev–Trinajstić information content (AvgIpc) is 2.48. The largest absolute Gasteiger partial charge is 0.504 e. The molecule has 0 aliphatic heterocycles. The molecule has 0 bridgehead atoms. The van der Waals surface area contributed by atoms with Gasteiger partial charge in [-0.3, -0.25) is 0 Å². The Balaban J connectivity index is 2.31. The summed E-state index contributed by atoms with van der Waals surface area (Å²) in [5.74, 6) is -0.104. The highest BCUT2D eigenvalue weighted by Gasteiger charge is 2.17. The summed E-state index contributed by atoms with van der Waals surface area (Å²) < 4.78 is 10.5. The average molecular weight is 270 g/mol. The zero-order valence-corrected chi connectivity index (χ0v) is 10.8. The van der Waals surface area contributed by atoms with Crippen LogP contribution >= 0.6 is 0 Å². The number of hydrogen-bond acceptors (Lipinski definition) is 4. The van der Waals surface area contributed by atoms with Crippen molar-refractivity contribution in [3.63, 3.8) is 0 Å². The molecule has 0 aromatic heterocycles. The van der Waals surface area contributed by atoms with Gasteiger partial charge in [0, 0.05) is 0 Å². The zero-order valence-electron chi connectivity index (χ0n) is 10.8. The minimum Gasteiger partial charge on any atom is -0.504 e. The van der Waals surface area contributed by atoms with Gasteiger partial charge in [-0.05, 0) is 24.3 Å². The molecule has 0 unspecified atom stereocenters. The molecule has 0 saturated heterocycles. The molecule has 2 aromatic rings. The summed E-state index contributed by atoms with van der Waals surface area (Å²) >= 11 is 0. The molecule has 4 nitrogen and oxygen atoms in total. The van der Waals surface area contributed by atoms with Crippen LogP contribution in [-0.2, 0) is 4.74 Å². The van der Waals surface area contributed by atoms with Crippen molar-refractivity contribution in [1.29, 1.82) is 0 Å². The SMILES string of the molecule is C=CCOC(=O)c1cccc(O)c1Oc1ccccc1. The Hall–Kier alpha value is -2.75. The van der Waals surface area contributed by atoms with E-state index in [2.05, 4.69) is 6.58 Å². The van der Waals surface area contributed by atoms with Gasteiger partial charge in [-0.1, -0.05) is 36.9 Å². The number of esters is 1. The monoisotopic (exact) mass is 270 g/mol. The van der Waals surface area contributed by atoms with Crippen molar-refractivity contribution in [3.8, 4) is 17.2 Å². The lowest BCUT2D eigenvalue weighted by molar-refractivity contribution is 0.0546. The third-order valence-electron chi connectivity index (χ3n) is 2.51. The number of benzene rings is 2. The van der Waals surface area contributed by atoms with Crippen LogP contribution < -0.4 is 4.74 Å². The summed E-state index contributed by atoms with van der Waals surface area (Å²) in [6.45, 7) is 3.57. The molecule has 4 heteroatoms. The standard InChI is InChI=1S/C16H14O4/c1-2-11-19-16(18)13-9-6-10-14(17)15(13)20-12-7-4-3-5-8-12/h2-10,17H,1,11H2. The van der Waals surface area contributed by atoms with E-state index in [1.807, 2.05) is 6.07 Å². The second-order valence-electron chi connectivity index (χ2n) is 3.96. The Morgan fingerprint density at radius 1 is 1.15 bits per heavy atom. The van der Waals surface area contributed by atoms with Crippen LogP contribution in [0.5, 0.6) is 17.2 Å². The van der Waals surface area contributed by atoms with Gasteiger partial charge in [-0.2, -0.15) is 0 Å². The van der Waals surface area contributed by atoms with Crippen molar-refractivity contribution < 1.29 is 19.4 Å². The fourth-order valence-electron chi connectivity index (χ4n) is 1.61. The molecule has 0 atom stereocenters. The van der Waals surface area contributed by atoms with Crippen LogP contribution in [0.15, 0.2) is 61.2 Å². The van der Waals surface area contributed by atoms with E-state index in [9.17, 15) is 9.90 Å². The Morgan fingerprint density at radius 3 is 2.60 bits per heavy atom. The van der Waals surface area contributed by atoms with E-state index >= 15 is 0 Å². The van der Waals surface area contributed by atoms with Crippen molar-refractivity contribution in [2.45, 2.75) is 0 Å². The number of hydrogen-bond donors (Lipinski definition) is 1. The first-order valence-corrected chi connectivity index (χ1v) is 6.05. The maximum absolute atomic E-state index is 11.9. The first-order chi connectivity index (χ1) is 9.72. The van der Waals surface area contributed by atoms with Crippen LogP contribution in [0.3, 0.4) is 0 Å². The second kappa shape index (κ2) is 6.43. The molecule has 0 aliphatic rings. The molecule has 0 radical (unpaired) electrons. The first-order valence-electron chi connectivity index (χ1n) is 6.05. The fraction of sp³-hybridized carbons (Fsp3) is 0.0625. The van der Waals surface area contributed by atoms with E-state index in [1.54, 1.807) is 30.3 Å². The maximum Gasteiger partial charge on any atom is 0.342 e. The minimum absolute atomic E-state index is 0.0766. The first kappa shape index (κ1) is 13.7. The Bertz CT molecular complexity index is 605.